The number of amides is 1. The van der Waals surface area contributed by atoms with Gasteiger partial charge in [0.05, 0.1) is 6.04 Å². The van der Waals surface area contributed by atoms with Crippen LogP contribution in [0, 0.1) is 0 Å². The summed E-state index contributed by atoms with van der Waals surface area (Å²) in [5, 5.41) is 0. The fourth-order valence-corrected chi connectivity index (χ4v) is 2.28. The second-order valence-corrected chi connectivity index (χ2v) is 4.26. The molecule has 1 amide bonds. The third-order valence-corrected chi connectivity index (χ3v) is 3.30. The van der Waals surface area contributed by atoms with Crippen molar-refractivity contribution in [1.29, 1.82) is 0 Å². The Kier molecular flexibility index (Phi) is 4.27. The molecule has 0 aromatic carbocycles. The Bertz CT molecular complexity index is 243. The van der Waals surface area contributed by atoms with Crippen molar-refractivity contribution in [1.82, 2.24) is 4.90 Å². The van der Waals surface area contributed by atoms with E-state index in [4.69, 9.17) is 5.73 Å². The predicted molar refractivity (Wildman–Crippen MR) is 58.3 cm³/mol. The molecule has 15 heavy (non-hydrogen) atoms. The number of hydrogen-bond acceptors (Lipinski definition) is 3. The van der Waals surface area contributed by atoms with Crippen LogP contribution in [0.25, 0.3) is 0 Å². The van der Waals surface area contributed by atoms with Gasteiger partial charge in [0.2, 0.25) is 5.91 Å². The maximum absolute atomic E-state index is 11.2. The van der Waals surface area contributed by atoms with E-state index in [0.717, 1.165) is 19.3 Å². The first kappa shape index (κ1) is 12.2. The minimum absolute atomic E-state index is 0.191. The predicted octanol–water partition coefficient (Wildman–Crippen LogP) is 0.694. The van der Waals surface area contributed by atoms with Crippen molar-refractivity contribution < 1.29 is 9.59 Å². The van der Waals surface area contributed by atoms with Crippen molar-refractivity contribution in [3.05, 3.63) is 0 Å². The highest BCUT2D eigenvalue weighted by atomic mass is 16.1. The standard InChI is InChI=1S/C11H20N2O2/c1-3-10(11(12)15)13(2)8-4-6-9(14)7-5-8/h8,10H,3-7H2,1-2H3,(H2,12,15). The molecule has 4 nitrogen and oxygen atoms in total. The van der Waals surface area contributed by atoms with Gasteiger partial charge in [-0.3, -0.25) is 14.5 Å². The Morgan fingerprint density at radius 1 is 1.53 bits per heavy atom. The van der Waals surface area contributed by atoms with Crippen molar-refractivity contribution in [3.8, 4) is 0 Å². The summed E-state index contributed by atoms with van der Waals surface area (Å²) in [6, 6.07) is 0.142. The molecule has 1 rings (SSSR count). The summed E-state index contributed by atoms with van der Waals surface area (Å²) >= 11 is 0. The number of hydrogen-bond donors (Lipinski definition) is 1. The minimum Gasteiger partial charge on any atom is -0.368 e. The van der Waals surface area contributed by atoms with Crippen molar-refractivity contribution in [3.63, 3.8) is 0 Å². The Morgan fingerprint density at radius 2 is 2.07 bits per heavy atom. The van der Waals surface area contributed by atoms with E-state index in [1.807, 2.05) is 18.9 Å². The van der Waals surface area contributed by atoms with Gasteiger partial charge in [-0.1, -0.05) is 6.92 Å². The molecular formula is C11H20N2O2. The fraction of sp³-hybridized carbons (Fsp3) is 0.818. The van der Waals surface area contributed by atoms with Gasteiger partial charge in [0.25, 0.3) is 0 Å². The summed E-state index contributed by atoms with van der Waals surface area (Å²) in [7, 11) is 1.93. The van der Waals surface area contributed by atoms with E-state index in [1.165, 1.54) is 0 Å². The Hall–Kier alpha value is -0.900. The SMILES string of the molecule is CCC(C(N)=O)N(C)C1CCC(=O)CC1. The summed E-state index contributed by atoms with van der Waals surface area (Å²) in [5.41, 5.74) is 5.33. The van der Waals surface area contributed by atoms with Crippen molar-refractivity contribution >= 4 is 11.7 Å². The highest BCUT2D eigenvalue weighted by molar-refractivity contribution is 5.80. The number of primary amides is 1. The van der Waals surface area contributed by atoms with Crippen LogP contribution in [-0.4, -0.2) is 35.7 Å². The number of nitrogens with zero attached hydrogens (tertiary/aromatic N) is 1. The number of carbonyl (C=O) groups is 2. The van der Waals surface area contributed by atoms with Crippen molar-refractivity contribution in [2.75, 3.05) is 7.05 Å². The molecule has 0 radical (unpaired) electrons. The first-order chi connectivity index (χ1) is 7.06. The number of rotatable bonds is 4. The monoisotopic (exact) mass is 212 g/mol. The lowest BCUT2D eigenvalue weighted by Crippen LogP contribution is -2.48. The molecule has 1 aliphatic carbocycles. The third-order valence-electron chi connectivity index (χ3n) is 3.30. The van der Waals surface area contributed by atoms with Crippen LogP contribution in [0.1, 0.15) is 39.0 Å². The van der Waals surface area contributed by atoms with Gasteiger partial charge in [0.1, 0.15) is 5.78 Å². The van der Waals surface area contributed by atoms with Crippen LogP contribution >= 0.6 is 0 Å². The molecule has 86 valence electrons. The lowest BCUT2D eigenvalue weighted by molar-refractivity contribution is -0.124. The molecule has 0 aromatic heterocycles. The highest BCUT2D eigenvalue weighted by Crippen LogP contribution is 2.21. The van der Waals surface area contributed by atoms with Gasteiger partial charge in [0.15, 0.2) is 0 Å². The number of carbonyl (C=O) groups excluding carboxylic acids is 2. The first-order valence-electron chi connectivity index (χ1n) is 5.59. The van der Waals surface area contributed by atoms with E-state index >= 15 is 0 Å². The highest BCUT2D eigenvalue weighted by Gasteiger charge is 2.28. The van der Waals surface area contributed by atoms with Gasteiger partial charge >= 0.3 is 0 Å². The molecule has 0 bridgehead atoms. The molecule has 1 unspecified atom stereocenters. The quantitative estimate of drug-likeness (QED) is 0.746. The molecule has 1 atom stereocenters. The van der Waals surface area contributed by atoms with Crippen LogP contribution in [0.3, 0.4) is 0 Å². The van der Waals surface area contributed by atoms with E-state index in [9.17, 15) is 9.59 Å². The van der Waals surface area contributed by atoms with E-state index in [2.05, 4.69) is 0 Å². The lowest BCUT2D eigenvalue weighted by Gasteiger charge is -2.34. The molecule has 0 saturated heterocycles. The zero-order valence-corrected chi connectivity index (χ0v) is 9.53. The van der Waals surface area contributed by atoms with Crippen LogP contribution in [0.15, 0.2) is 0 Å². The summed E-state index contributed by atoms with van der Waals surface area (Å²) in [5.74, 6) is 0.0728. The van der Waals surface area contributed by atoms with Gasteiger partial charge in [-0.15, -0.1) is 0 Å². The van der Waals surface area contributed by atoms with Crippen LogP contribution in [0.5, 0.6) is 0 Å². The smallest absolute Gasteiger partial charge is 0.234 e. The van der Waals surface area contributed by atoms with Gasteiger partial charge in [-0.2, -0.15) is 0 Å². The molecular weight excluding hydrogens is 192 g/mol. The van der Waals surface area contributed by atoms with Gasteiger partial charge in [-0.25, -0.2) is 0 Å². The van der Waals surface area contributed by atoms with Gasteiger partial charge in [0, 0.05) is 18.9 Å². The molecule has 2 N–H and O–H groups in total. The van der Waals surface area contributed by atoms with Gasteiger partial charge in [-0.05, 0) is 26.3 Å². The Balaban J connectivity index is 2.55. The summed E-state index contributed by atoms with van der Waals surface area (Å²) in [6.07, 6.45) is 3.74. The zero-order chi connectivity index (χ0) is 11.4. The summed E-state index contributed by atoms with van der Waals surface area (Å²) < 4.78 is 0. The number of ketones is 1. The minimum atomic E-state index is -0.267. The maximum Gasteiger partial charge on any atom is 0.234 e. The fourth-order valence-electron chi connectivity index (χ4n) is 2.28. The third kappa shape index (κ3) is 3.02. The van der Waals surface area contributed by atoms with E-state index < -0.39 is 0 Å². The van der Waals surface area contributed by atoms with Crippen LogP contribution < -0.4 is 5.73 Å². The van der Waals surface area contributed by atoms with E-state index in [0.29, 0.717) is 24.7 Å². The number of likely N-dealkylation sites (N-methyl/N-ethyl adjacent to an activating group) is 1. The van der Waals surface area contributed by atoms with Crippen LogP contribution in [-0.2, 0) is 9.59 Å². The molecule has 0 spiro atoms. The number of nitrogens with two attached hydrogens (primary N) is 1. The van der Waals surface area contributed by atoms with Crippen LogP contribution in [0.4, 0.5) is 0 Å². The second-order valence-electron chi connectivity index (χ2n) is 4.26. The molecule has 1 saturated carbocycles. The Labute approximate surface area is 90.8 Å². The molecule has 4 heteroatoms. The average molecular weight is 212 g/mol. The normalized spacial score (nSPS) is 20.6. The van der Waals surface area contributed by atoms with Crippen molar-refractivity contribution in [2.24, 2.45) is 5.73 Å². The second kappa shape index (κ2) is 5.26. The van der Waals surface area contributed by atoms with E-state index in [-0.39, 0.29) is 11.9 Å². The molecule has 1 fully saturated rings. The van der Waals surface area contributed by atoms with Gasteiger partial charge < -0.3 is 5.73 Å². The lowest BCUT2D eigenvalue weighted by atomic mass is 9.92. The Morgan fingerprint density at radius 3 is 2.47 bits per heavy atom. The largest absolute Gasteiger partial charge is 0.368 e. The van der Waals surface area contributed by atoms with Crippen LogP contribution in [0.2, 0.25) is 0 Å². The molecule has 1 aliphatic rings. The summed E-state index contributed by atoms with van der Waals surface area (Å²) in [4.78, 5) is 24.3. The molecule has 0 heterocycles. The molecule has 0 aliphatic heterocycles. The maximum atomic E-state index is 11.2. The number of Topliss-reactive ketones (excluding diaryl/α,β-unsaturated/α-hetero) is 1. The van der Waals surface area contributed by atoms with E-state index in [1.54, 1.807) is 0 Å². The average Bonchev–Trinajstić information content (AvgIpc) is 2.19. The zero-order valence-electron chi connectivity index (χ0n) is 9.53. The topological polar surface area (TPSA) is 63.4 Å². The molecule has 0 aromatic rings. The first-order valence-corrected chi connectivity index (χ1v) is 5.59. The van der Waals surface area contributed by atoms with Crippen molar-refractivity contribution in [2.45, 2.75) is 51.1 Å². The summed E-state index contributed by atoms with van der Waals surface area (Å²) in [6.45, 7) is 1.96.